The van der Waals surface area contributed by atoms with Crippen LogP contribution in [-0.2, 0) is 19.5 Å². The Hall–Kier alpha value is -2.85. The van der Waals surface area contributed by atoms with Crippen LogP contribution >= 0.6 is 0 Å². The molecular weight excluding hydrogens is 316 g/mol. The molecule has 0 saturated heterocycles. The molecule has 1 aliphatic rings. The van der Waals surface area contributed by atoms with E-state index < -0.39 is 0 Å². The molecule has 7 nitrogen and oxygen atoms in total. The standard InChI is InChI=1S/C18H20N6O/c1-12(2)23-6-5-14-15(8-19)17(20-9-13-4-3-7-25-13)24-11-21-22-18(24)16(14)10-23/h3-4,7,11-12,20H,5-6,9-10H2,1-2H3. The van der Waals surface area contributed by atoms with Crippen LogP contribution < -0.4 is 5.32 Å². The molecule has 0 fully saturated rings. The van der Waals surface area contributed by atoms with Crippen LogP contribution in [0.25, 0.3) is 5.65 Å². The largest absolute Gasteiger partial charge is 0.467 e. The quantitative estimate of drug-likeness (QED) is 0.788. The maximum atomic E-state index is 9.82. The van der Waals surface area contributed by atoms with Crippen LogP contribution in [0.4, 0.5) is 5.82 Å². The lowest BCUT2D eigenvalue weighted by Crippen LogP contribution is -2.36. The maximum absolute atomic E-state index is 9.82. The van der Waals surface area contributed by atoms with Crippen molar-refractivity contribution in [3.8, 4) is 6.07 Å². The van der Waals surface area contributed by atoms with Crippen LogP contribution in [0.3, 0.4) is 0 Å². The average molecular weight is 336 g/mol. The number of hydrogen-bond donors (Lipinski definition) is 1. The number of pyridine rings is 1. The molecule has 7 heteroatoms. The van der Waals surface area contributed by atoms with Crippen LogP contribution in [0.2, 0.25) is 0 Å². The summed E-state index contributed by atoms with van der Waals surface area (Å²) in [6, 6.07) is 6.60. The highest BCUT2D eigenvalue weighted by atomic mass is 16.3. The third kappa shape index (κ3) is 2.65. The first kappa shape index (κ1) is 15.7. The van der Waals surface area contributed by atoms with Gasteiger partial charge in [-0.3, -0.25) is 9.30 Å². The van der Waals surface area contributed by atoms with Crippen molar-refractivity contribution in [2.24, 2.45) is 0 Å². The minimum atomic E-state index is 0.457. The normalized spacial score (nSPS) is 14.6. The van der Waals surface area contributed by atoms with Gasteiger partial charge < -0.3 is 9.73 Å². The molecule has 0 atom stereocenters. The van der Waals surface area contributed by atoms with Gasteiger partial charge in [0.2, 0.25) is 0 Å². The second-order valence-corrected chi connectivity index (χ2v) is 6.56. The van der Waals surface area contributed by atoms with Crippen molar-refractivity contribution in [2.45, 2.75) is 39.4 Å². The van der Waals surface area contributed by atoms with Crippen molar-refractivity contribution >= 4 is 11.5 Å². The number of nitrogens with zero attached hydrogens (tertiary/aromatic N) is 5. The van der Waals surface area contributed by atoms with Gasteiger partial charge in [-0.2, -0.15) is 5.26 Å². The molecule has 0 aliphatic carbocycles. The van der Waals surface area contributed by atoms with Crippen LogP contribution in [0.1, 0.15) is 36.3 Å². The van der Waals surface area contributed by atoms with Gasteiger partial charge in [-0.15, -0.1) is 10.2 Å². The number of rotatable bonds is 4. The fourth-order valence-electron chi connectivity index (χ4n) is 3.45. The summed E-state index contributed by atoms with van der Waals surface area (Å²) in [4.78, 5) is 2.40. The molecule has 3 aromatic heterocycles. The van der Waals surface area contributed by atoms with Crippen molar-refractivity contribution in [3.05, 3.63) is 47.2 Å². The molecule has 1 N–H and O–H groups in total. The number of hydrogen-bond acceptors (Lipinski definition) is 6. The minimum Gasteiger partial charge on any atom is -0.467 e. The molecule has 0 saturated carbocycles. The molecule has 0 amide bonds. The Balaban J connectivity index is 1.80. The number of fused-ring (bicyclic) bond motifs is 3. The SMILES string of the molecule is CC(C)N1CCc2c(C#N)c(NCc3ccco3)n3cnnc3c2C1. The van der Waals surface area contributed by atoms with Gasteiger partial charge in [0.25, 0.3) is 0 Å². The van der Waals surface area contributed by atoms with Crippen molar-refractivity contribution in [2.75, 3.05) is 11.9 Å². The maximum Gasteiger partial charge on any atom is 0.167 e. The molecular formula is C18H20N6O. The Kier molecular flexibility index (Phi) is 3.90. The molecule has 0 aromatic carbocycles. The van der Waals surface area contributed by atoms with E-state index in [1.54, 1.807) is 12.6 Å². The number of nitrogens with one attached hydrogen (secondary N) is 1. The lowest BCUT2D eigenvalue weighted by Gasteiger charge is -2.33. The van der Waals surface area contributed by atoms with Crippen molar-refractivity contribution in [1.82, 2.24) is 19.5 Å². The molecule has 1 aliphatic heterocycles. The first-order chi connectivity index (χ1) is 12.2. The zero-order chi connectivity index (χ0) is 17.4. The van der Waals surface area contributed by atoms with E-state index in [0.29, 0.717) is 18.2 Å². The zero-order valence-electron chi connectivity index (χ0n) is 14.4. The summed E-state index contributed by atoms with van der Waals surface area (Å²) in [5.41, 5.74) is 3.69. The minimum absolute atomic E-state index is 0.457. The monoisotopic (exact) mass is 336 g/mol. The molecule has 128 valence electrons. The van der Waals surface area contributed by atoms with Crippen molar-refractivity contribution < 1.29 is 4.42 Å². The molecule has 0 radical (unpaired) electrons. The van der Waals surface area contributed by atoms with Gasteiger partial charge in [0, 0.05) is 24.7 Å². The lowest BCUT2D eigenvalue weighted by molar-refractivity contribution is 0.204. The fourth-order valence-corrected chi connectivity index (χ4v) is 3.45. The number of anilines is 1. The first-order valence-corrected chi connectivity index (χ1v) is 8.47. The number of aromatic nitrogens is 3. The van der Waals surface area contributed by atoms with E-state index >= 15 is 0 Å². The summed E-state index contributed by atoms with van der Waals surface area (Å²) in [6.45, 7) is 6.63. The third-order valence-electron chi connectivity index (χ3n) is 4.82. The van der Waals surface area contributed by atoms with E-state index in [0.717, 1.165) is 47.9 Å². The van der Waals surface area contributed by atoms with Crippen LogP contribution in [-0.4, -0.2) is 32.1 Å². The predicted octanol–water partition coefficient (Wildman–Crippen LogP) is 2.57. The van der Waals surface area contributed by atoms with Gasteiger partial charge >= 0.3 is 0 Å². The van der Waals surface area contributed by atoms with Crippen molar-refractivity contribution in [1.29, 1.82) is 5.26 Å². The van der Waals surface area contributed by atoms with Gasteiger partial charge in [-0.05, 0) is 38.0 Å². The molecule has 4 rings (SSSR count). The summed E-state index contributed by atoms with van der Waals surface area (Å²) in [7, 11) is 0. The summed E-state index contributed by atoms with van der Waals surface area (Å²) < 4.78 is 7.26. The topological polar surface area (TPSA) is 82.4 Å². The van der Waals surface area contributed by atoms with E-state index in [2.05, 4.69) is 40.3 Å². The van der Waals surface area contributed by atoms with Gasteiger partial charge in [0.15, 0.2) is 5.65 Å². The van der Waals surface area contributed by atoms with E-state index in [9.17, 15) is 5.26 Å². The Morgan fingerprint density at radius 2 is 2.28 bits per heavy atom. The highest BCUT2D eigenvalue weighted by Gasteiger charge is 2.27. The van der Waals surface area contributed by atoms with E-state index in [1.165, 1.54) is 0 Å². The second kappa shape index (κ2) is 6.22. The smallest absolute Gasteiger partial charge is 0.167 e. The Morgan fingerprint density at radius 1 is 1.40 bits per heavy atom. The Morgan fingerprint density at radius 3 is 3.00 bits per heavy atom. The molecule has 0 spiro atoms. The molecule has 25 heavy (non-hydrogen) atoms. The van der Waals surface area contributed by atoms with Gasteiger partial charge in [0.1, 0.15) is 24.0 Å². The fraction of sp³-hybridized carbons (Fsp3) is 0.389. The molecule has 0 bridgehead atoms. The summed E-state index contributed by atoms with van der Waals surface area (Å²) >= 11 is 0. The van der Waals surface area contributed by atoms with Gasteiger partial charge in [-0.1, -0.05) is 0 Å². The number of nitriles is 1. The molecule has 3 aromatic rings. The zero-order valence-corrected chi connectivity index (χ0v) is 14.4. The predicted molar refractivity (Wildman–Crippen MR) is 93.0 cm³/mol. The first-order valence-electron chi connectivity index (χ1n) is 8.47. The highest BCUT2D eigenvalue weighted by molar-refractivity contribution is 5.68. The lowest BCUT2D eigenvalue weighted by atomic mass is 9.95. The van der Waals surface area contributed by atoms with Crippen molar-refractivity contribution in [3.63, 3.8) is 0 Å². The third-order valence-corrected chi connectivity index (χ3v) is 4.82. The molecule has 4 heterocycles. The second-order valence-electron chi connectivity index (χ2n) is 6.56. The number of furan rings is 1. The van der Waals surface area contributed by atoms with E-state index in [4.69, 9.17) is 4.42 Å². The van der Waals surface area contributed by atoms with E-state index in [1.807, 2.05) is 16.5 Å². The van der Waals surface area contributed by atoms with Gasteiger partial charge in [-0.25, -0.2) is 0 Å². The Bertz CT molecular complexity index is 935. The van der Waals surface area contributed by atoms with Crippen LogP contribution in [0, 0.1) is 11.3 Å². The van der Waals surface area contributed by atoms with Gasteiger partial charge in [0.05, 0.1) is 18.4 Å². The van der Waals surface area contributed by atoms with Crippen LogP contribution in [0.5, 0.6) is 0 Å². The summed E-state index contributed by atoms with van der Waals surface area (Å²) in [5.74, 6) is 1.55. The Labute approximate surface area is 145 Å². The summed E-state index contributed by atoms with van der Waals surface area (Å²) in [5, 5.41) is 21.6. The van der Waals surface area contributed by atoms with Crippen LogP contribution in [0.15, 0.2) is 29.1 Å². The average Bonchev–Trinajstić information content (AvgIpc) is 3.30. The summed E-state index contributed by atoms with van der Waals surface area (Å²) in [6.07, 6.45) is 4.15. The highest BCUT2D eigenvalue weighted by Crippen LogP contribution is 2.31. The van der Waals surface area contributed by atoms with E-state index in [-0.39, 0.29) is 0 Å². The molecule has 0 unspecified atom stereocenters.